The molecule has 0 radical (unpaired) electrons. The van der Waals surface area contributed by atoms with Gasteiger partial charge in [-0.3, -0.25) is 12.2 Å². The molecule has 0 saturated carbocycles. The van der Waals surface area contributed by atoms with Gasteiger partial charge in [-0.2, -0.15) is 12.2 Å². The van der Waals surface area contributed by atoms with Crippen molar-refractivity contribution in [1.82, 2.24) is 0 Å². The van der Waals surface area contributed by atoms with E-state index >= 15 is 0 Å². The topological polar surface area (TPSA) is 74.6 Å². The first-order valence-electron chi connectivity index (χ1n) is 6.50. The summed E-state index contributed by atoms with van der Waals surface area (Å²) in [6.07, 6.45) is 20.0. The van der Waals surface area contributed by atoms with E-state index in [0.717, 1.165) is 12.8 Å². The van der Waals surface area contributed by atoms with E-state index in [1.165, 1.54) is 13.8 Å². The third kappa shape index (κ3) is 25.4. The molecule has 0 amide bonds. The van der Waals surface area contributed by atoms with Crippen LogP contribution < -0.4 is 0 Å². The molecule has 5 heteroatoms. The fraction of sp³-hybridized carbons (Fsp3) is 0.222. The third-order valence-corrected chi connectivity index (χ3v) is 1.90. The molecule has 0 unspecified atom stereocenters. The number of rotatable bonds is 2. The Hall–Kier alpha value is -1.91. The molecule has 0 atom stereocenters. The van der Waals surface area contributed by atoms with Gasteiger partial charge in [-0.05, 0) is 13.8 Å². The first-order chi connectivity index (χ1) is 10.3. The normalized spacial score (nSPS) is 11.6. The second-order valence-corrected chi connectivity index (χ2v) is 4.18. The van der Waals surface area contributed by atoms with E-state index in [1.807, 2.05) is 24.3 Å². The van der Waals surface area contributed by atoms with E-state index in [9.17, 15) is 9.59 Å². The number of hydrogen-bond donors (Lipinski definition) is 2. The Labute approximate surface area is 153 Å². The van der Waals surface area contributed by atoms with Crippen molar-refractivity contribution in [3.63, 3.8) is 0 Å². The van der Waals surface area contributed by atoms with Gasteiger partial charge in [0.2, 0.25) is 0 Å². The van der Waals surface area contributed by atoms with Gasteiger partial charge in [-0.25, -0.2) is 33.9 Å². The van der Waals surface area contributed by atoms with Crippen LogP contribution in [0.3, 0.4) is 0 Å². The minimum Gasteiger partial charge on any atom is -0.478 e. The average molecular weight is 350 g/mol. The van der Waals surface area contributed by atoms with Gasteiger partial charge in [0.05, 0.1) is 0 Å². The summed E-state index contributed by atoms with van der Waals surface area (Å²) in [5.74, 6) is -1.87. The number of allylic oxidation sites excluding steroid dienone is 8. The minimum atomic E-state index is -0.935. The van der Waals surface area contributed by atoms with Gasteiger partial charge >= 0.3 is 33.7 Å². The summed E-state index contributed by atoms with van der Waals surface area (Å²) in [5.41, 5.74) is 0.352. The maximum atomic E-state index is 9.60. The van der Waals surface area contributed by atoms with Crippen molar-refractivity contribution in [3.05, 3.63) is 72.9 Å². The molecule has 0 spiro atoms. The predicted molar refractivity (Wildman–Crippen MR) is 88.0 cm³/mol. The third-order valence-electron chi connectivity index (χ3n) is 1.90. The van der Waals surface area contributed by atoms with Gasteiger partial charge in [0, 0.05) is 11.1 Å². The molecule has 2 aliphatic carbocycles. The van der Waals surface area contributed by atoms with Crippen LogP contribution in [0.4, 0.5) is 0 Å². The van der Waals surface area contributed by atoms with Gasteiger partial charge < -0.3 is 10.2 Å². The molecule has 0 aromatic heterocycles. The monoisotopic (exact) mass is 350 g/mol. The van der Waals surface area contributed by atoms with Crippen molar-refractivity contribution in [3.8, 4) is 0 Å². The molecule has 2 aliphatic rings. The summed E-state index contributed by atoms with van der Waals surface area (Å²) in [4.78, 5) is 19.2. The molecule has 0 fully saturated rings. The van der Waals surface area contributed by atoms with Crippen LogP contribution in [-0.2, 0) is 31.3 Å². The molecule has 0 saturated heterocycles. The Morgan fingerprint density at radius 1 is 0.870 bits per heavy atom. The zero-order chi connectivity index (χ0) is 17.4. The Morgan fingerprint density at radius 3 is 1.17 bits per heavy atom. The second-order valence-electron chi connectivity index (χ2n) is 4.18. The van der Waals surface area contributed by atoms with E-state index in [4.69, 9.17) is 10.2 Å². The first kappa shape index (κ1) is 26.0. The van der Waals surface area contributed by atoms with Gasteiger partial charge in [0.1, 0.15) is 0 Å². The molecular formula is C18H22O4Ti. The first-order valence-corrected chi connectivity index (χ1v) is 6.50. The van der Waals surface area contributed by atoms with Gasteiger partial charge in [-0.1, -0.05) is 13.2 Å². The van der Waals surface area contributed by atoms with E-state index in [0.29, 0.717) is 0 Å². The van der Waals surface area contributed by atoms with Crippen molar-refractivity contribution in [2.75, 3.05) is 0 Å². The van der Waals surface area contributed by atoms with E-state index in [1.54, 1.807) is 0 Å². The van der Waals surface area contributed by atoms with Crippen LogP contribution in [0, 0.1) is 12.2 Å². The van der Waals surface area contributed by atoms with Crippen molar-refractivity contribution in [2.24, 2.45) is 0 Å². The maximum Gasteiger partial charge on any atom is 2.00 e. The molecule has 0 aromatic carbocycles. The second kappa shape index (κ2) is 18.1. The Bertz CT molecular complexity index is 407. The summed E-state index contributed by atoms with van der Waals surface area (Å²) in [7, 11) is 0. The number of carboxylic acid groups (broad SMARTS) is 2. The quantitative estimate of drug-likeness (QED) is 0.450. The summed E-state index contributed by atoms with van der Waals surface area (Å²) in [5, 5.41) is 15.8. The van der Waals surface area contributed by atoms with Crippen LogP contribution in [-0.4, -0.2) is 22.2 Å². The zero-order valence-corrected chi connectivity index (χ0v) is 15.1. The van der Waals surface area contributed by atoms with Gasteiger partial charge in [0.25, 0.3) is 0 Å². The Kier molecular flexibility index (Phi) is 20.5. The summed E-state index contributed by atoms with van der Waals surface area (Å²) >= 11 is 0. The maximum absolute atomic E-state index is 9.60. The molecule has 2 rings (SSSR count). The summed E-state index contributed by atoms with van der Waals surface area (Å²) in [6.45, 7) is 9.20. The molecule has 2 N–H and O–H groups in total. The van der Waals surface area contributed by atoms with Crippen LogP contribution in [0.25, 0.3) is 0 Å². The fourth-order valence-corrected chi connectivity index (χ4v) is 0.680. The van der Waals surface area contributed by atoms with Crippen molar-refractivity contribution in [2.45, 2.75) is 26.7 Å². The Morgan fingerprint density at radius 2 is 1.13 bits per heavy atom. The standard InChI is InChI=1S/2C5H5.2C4H6O2.Ti/c2*1-2-4-5-3-1;2*1-3(2)4(5)6;/h2*1-3H,4H2;2*1H2,2H3,(H,5,6);/q2*-1;;;+2. The Balaban J connectivity index is -0.000000229. The number of hydrogen-bond acceptors (Lipinski definition) is 2. The summed E-state index contributed by atoms with van der Waals surface area (Å²) < 4.78 is 0. The molecule has 0 heterocycles. The molecule has 0 bridgehead atoms. The molecule has 4 nitrogen and oxygen atoms in total. The van der Waals surface area contributed by atoms with Crippen LogP contribution in [0.1, 0.15) is 26.7 Å². The molecule has 122 valence electrons. The summed E-state index contributed by atoms with van der Waals surface area (Å²) in [6, 6.07) is 0. The number of aliphatic carboxylic acids is 2. The largest absolute Gasteiger partial charge is 2.00 e. The molecular weight excluding hydrogens is 328 g/mol. The van der Waals surface area contributed by atoms with Crippen molar-refractivity contribution >= 4 is 11.9 Å². The van der Waals surface area contributed by atoms with Gasteiger partial charge in [-0.15, -0.1) is 12.8 Å². The van der Waals surface area contributed by atoms with E-state index in [-0.39, 0.29) is 32.9 Å². The smallest absolute Gasteiger partial charge is 0.478 e. The average Bonchev–Trinajstić information content (AvgIpc) is 3.18. The van der Waals surface area contributed by atoms with Gasteiger partial charge in [0.15, 0.2) is 0 Å². The van der Waals surface area contributed by atoms with Crippen LogP contribution in [0.2, 0.25) is 0 Å². The predicted octanol–water partition coefficient (Wildman–Crippen LogP) is 3.90. The molecule has 23 heavy (non-hydrogen) atoms. The number of carbonyl (C=O) groups is 2. The van der Waals surface area contributed by atoms with Crippen molar-refractivity contribution < 1.29 is 41.5 Å². The van der Waals surface area contributed by atoms with Crippen LogP contribution in [0.5, 0.6) is 0 Å². The number of carboxylic acids is 2. The van der Waals surface area contributed by atoms with E-state index in [2.05, 4.69) is 37.5 Å². The van der Waals surface area contributed by atoms with Crippen LogP contribution in [0.15, 0.2) is 60.8 Å². The zero-order valence-electron chi connectivity index (χ0n) is 13.5. The minimum absolute atomic E-state index is 0. The SMILES string of the molecule is C=C(C)C(=O)O.C=C(C)C(=O)O.[C-]1=CC=CC1.[C-]1=CC=CC1.[Ti+2]. The molecule has 0 aliphatic heterocycles. The van der Waals surface area contributed by atoms with Crippen molar-refractivity contribution in [1.29, 1.82) is 0 Å². The fourth-order valence-electron chi connectivity index (χ4n) is 0.680. The van der Waals surface area contributed by atoms with E-state index < -0.39 is 11.9 Å². The van der Waals surface area contributed by atoms with Crippen LogP contribution >= 0.6 is 0 Å². The molecule has 0 aromatic rings.